The quantitative estimate of drug-likeness (QED) is 0.754. The van der Waals surface area contributed by atoms with Gasteiger partial charge in [-0.3, -0.25) is 4.79 Å². The van der Waals surface area contributed by atoms with E-state index in [-0.39, 0.29) is 22.4 Å². The zero-order valence-corrected chi connectivity index (χ0v) is 18.9. The maximum atomic E-state index is 12.6. The molecule has 4 rings (SSSR count). The van der Waals surface area contributed by atoms with Crippen molar-refractivity contribution in [3.05, 3.63) is 45.7 Å². The minimum absolute atomic E-state index is 0.00354. The molecule has 6 nitrogen and oxygen atoms in total. The van der Waals surface area contributed by atoms with Gasteiger partial charge in [-0.25, -0.2) is 4.79 Å². The Morgan fingerprint density at radius 3 is 2.29 bits per heavy atom. The molecule has 3 heterocycles. The van der Waals surface area contributed by atoms with Crippen LogP contribution in [0.25, 0.3) is 11.3 Å². The molecular weight excluding hydrogens is 394 g/mol. The van der Waals surface area contributed by atoms with Crippen molar-refractivity contribution in [2.24, 2.45) is 10.8 Å². The number of benzene rings is 1. The SMILES string of the molecule is CCC1(CC)COc2cc3c(cc2OC1)-c1cc(=O)c(C(=O)O)cn1C(C(C)(C)C)C3. The first-order valence-electron chi connectivity index (χ1n) is 11.0. The van der Waals surface area contributed by atoms with Crippen LogP contribution in [0.5, 0.6) is 11.5 Å². The molecule has 1 aromatic heterocycles. The molecule has 1 aromatic carbocycles. The highest BCUT2D eigenvalue weighted by molar-refractivity contribution is 5.88. The minimum atomic E-state index is -1.20. The Morgan fingerprint density at radius 1 is 1.13 bits per heavy atom. The van der Waals surface area contributed by atoms with Crippen LogP contribution in [0, 0.1) is 10.8 Å². The molecule has 6 heteroatoms. The zero-order chi connectivity index (χ0) is 22.6. The summed E-state index contributed by atoms with van der Waals surface area (Å²) < 4.78 is 14.4. The van der Waals surface area contributed by atoms with Gasteiger partial charge in [0, 0.05) is 29.3 Å². The fraction of sp³-hybridized carbons (Fsp3) is 0.520. The number of carboxylic acid groups (broad SMARTS) is 1. The Hall–Kier alpha value is -2.76. The third-order valence-corrected chi connectivity index (χ3v) is 7.07. The lowest BCUT2D eigenvalue weighted by Gasteiger charge is -2.39. The van der Waals surface area contributed by atoms with Gasteiger partial charge in [0.1, 0.15) is 5.56 Å². The predicted octanol–water partition coefficient (Wildman–Crippen LogP) is 4.93. The molecule has 1 N–H and O–H groups in total. The van der Waals surface area contributed by atoms with Crippen molar-refractivity contribution in [1.29, 1.82) is 0 Å². The summed E-state index contributed by atoms with van der Waals surface area (Å²) in [4.78, 5) is 24.2. The lowest BCUT2D eigenvalue weighted by molar-refractivity contribution is 0.0693. The molecule has 0 aliphatic carbocycles. The normalized spacial score (nSPS) is 19.2. The topological polar surface area (TPSA) is 77.8 Å². The molecule has 0 bridgehead atoms. The smallest absolute Gasteiger partial charge is 0.341 e. The number of hydrogen-bond acceptors (Lipinski definition) is 4. The summed E-state index contributed by atoms with van der Waals surface area (Å²) in [6.07, 6.45) is 4.16. The van der Waals surface area contributed by atoms with Crippen molar-refractivity contribution in [2.45, 2.75) is 59.9 Å². The van der Waals surface area contributed by atoms with Crippen LogP contribution in [0.15, 0.2) is 29.2 Å². The van der Waals surface area contributed by atoms with Crippen molar-refractivity contribution in [3.63, 3.8) is 0 Å². The maximum Gasteiger partial charge on any atom is 0.341 e. The highest BCUT2D eigenvalue weighted by Gasteiger charge is 2.36. The van der Waals surface area contributed by atoms with Gasteiger partial charge in [0.15, 0.2) is 16.9 Å². The number of pyridine rings is 1. The molecule has 1 unspecified atom stereocenters. The molecular formula is C25H31NO5. The first-order valence-corrected chi connectivity index (χ1v) is 11.0. The van der Waals surface area contributed by atoms with E-state index in [1.807, 2.05) is 16.7 Å². The molecule has 31 heavy (non-hydrogen) atoms. The second-order valence-corrected chi connectivity index (χ2v) is 9.98. The Labute approximate surface area is 182 Å². The Bertz CT molecular complexity index is 1090. The summed E-state index contributed by atoms with van der Waals surface area (Å²) in [5.74, 6) is 0.221. The zero-order valence-electron chi connectivity index (χ0n) is 18.9. The summed E-state index contributed by atoms with van der Waals surface area (Å²) in [5.41, 5.74) is 1.88. The molecule has 1 atom stereocenters. The third-order valence-electron chi connectivity index (χ3n) is 7.07. The van der Waals surface area contributed by atoms with E-state index in [9.17, 15) is 14.7 Å². The van der Waals surface area contributed by atoms with E-state index < -0.39 is 11.4 Å². The predicted molar refractivity (Wildman–Crippen MR) is 119 cm³/mol. The molecule has 2 aliphatic rings. The molecule has 0 spiro atoms. The fourth-order valence-electron chi connectivity index (χ4n) is 4.61. The van der Waals surface area contributed by atoms with Crippen molar-refractivity contribution in [2.75, 3.05) is 13.2 Å². The second kappa shape index (κ2) is 7.43. The standard InChI is InChI=1S/C25H31NO5/c1-6-25(7-2)13-30-20-8-15-9-22(24(3,4)5)26-12-17(23(28)29)19(27)11-18(26)16(15)10-21(20)31-14-25/h8,10-12,22H,6-7,9,13-14H2,1-5H3,(H,28,29). The molecule has 2 aliphatic heterocycles. The van der Waals surface area contributed by atoms with Gasteiger partial charge in [-0.05, 0) is 42.4 Å². The average Bonchev–Trinajstić information content (AvgIpc) is 2.90. The van der Waals surface area contributed by atoms with Crippen LogP contribution in [0.1, 0.15) is 69.4 Å². The van der Waals surface area contributed by atoms with Crippen molar-refractivity contribution in [1.82, 2.24) is 4.57 Å². The minimum Gasteiger partial charge on any atom is -0.489 e. The molecule has 0 radical (unpaired) electrons. The number of carboxylic acids is 1. The first kappa shape index (κ1) is 21.5. The van der Waals surface area contributed by atoms with Gasteiger partial charge in [-0.1, -0.05) is 34.6 Å². The van der Waals surface area contributed by atoms with E-state index >= 15 is 0 Å². The van der Waals surface area contributed by atoms with Crippen LogP contribution in [0.2, 0.25) is 0 Å². The van der Waals surface area contributed by atoms with Crippen LogP contribution in [0.4, 0.5) is 0 Å². The van der Waals surface area contributed by atoms with Gasteiger partial charge in [-0.15, -0.1) is 0 Å². The van der Waals surface area contributed by atoms with Gasteiger partial charge in [0.05, 0.1) is 18.9 Å². The van der Waals surface area contributed by atoms with Crippen LogP contribution in [-0.4, -0.2) is 28.9 Å². The number of hydrogen-bond donors (Lipinski definition) is 1. The van der Waals surface area contributed by atoms with Gasteiger partial charge in [0.2, 0.25) is 0 Å². The molecule has 0 amide bonds. The maximum absolute atomic E-state index is 12.6. The van der Waals surface area contributed by atoms with E-state index in [1.165, 1.54) is 12.3 Å². The van der Waals surface area contributed by atoms with Crippen LogP contribution < -0.4 is 14.9 Å². The van der Waals surface area contributed by atoms with E-state index in [0.29, 0.717) is 19.0 Å². The molecule has 2 aromatic rings. The number of aromatic carboxylic acids is 1. The highest BCUT2D eigenvalue weighted by atomic mass is 16.5. The number of aromatic nitrogens is 1. The number of carbonyl (C=O) groups is 1. The monoisotopic (exact) mass is 425 g/mol. The van der Waals surface area contributed by atoms with E-state index in [0.717, 1.165) is 41.8 Å². The Morgan fingerprint density at radius 2 is 1.74 bits per heavy atom. The van der Waals surface area contributed by atoms with Gasteiger partial charge >= 0.3 is 5.97 Å². The second-order valence-electron chi connectivity index (χ2n) is 9.98. The van der Waals surface area contributed by atoms with Crippen LogP contribution in [-0.2, 0) is 6.42 Å². The molecule has 0 fully saturated rings. The Balaban J connectivity index is 1.88. The van der Waals surface area contributed by atoms with Crippen molar-refractivity contribution in [3.8, 4) is 22.8 Å². The van der Waals surface area contributed by atoms with E-state index in [1.54, 1.807) is 0 Å². The van der Waals surface area contributed by atoms with Crippen LogP contribution in [0.3, 0.4) is 0 Å². The summed E-state index contributed by atoms with van der Waals surface area (Å²) in [7, 11) is 0. The van der Waals surface area contributed by atoms with Crippen LogP contribution >= 0.6 is 0 Å². The third kappa shape index (κ3) is 3.62. The number of ether oxygens (including phenoxy) is 2. The van der Waals surface area contributed by atoms with Gasteiger partial charge < -0.3 is 19.1 Å². The molecule has 166 valence electrons. The fourth-order valence-corrected chi connectivity index (χ4v) is 4.61. The largest absolute Gasteiger partial charge is 0.489 e. The Kier molecular flexibility index (Phi) is 5.15. The summed E-state index contributed by atoms with van der Waals surface area (Å²) in [6, 6.07) is 5.45. The lowest BCUT2D eigenvalue weighted by Crippen LogP contribution is -2.32. The summed E-state index contributed by atoms with van der Waals surface area (Å²) in [6.45, 7) is 11.9. The lowest BCUT2D eigenvalue weighted by atomic mass is 9.78. The van der Waals surface area contributed by atoms with Crippen molar-refractivity contribution >= 4 is 5.97 Å². The summed E-state index contributed by atoms with van der Waals surface area (Å²) in [5, 5.41) is 9.49. The average molecular weight is 426 g/mol. The highest BCUT2D eigenvalue weighted by Crippen LogP contribution is 2.47. The molecule has 0 saturated carbocycles. The van der Waals surface area contributed by atoms with E-state index in [4.69, 9.17) is 9.47 Å². The van der Waals surface area contributed by atoms with Crippen molar-refractivity contribution < 1.29 is 19.4 Å². The number of nitrogens with zero attached hydrogens (tertiary/aromatic N) is 1. The van der Waals surface area contributed by atoms with Gasteiger partial charge in [-0.2, -0.15) is 0 Å². The van der Waals surface area contributed by atoms with E-state index in [2.05, 4.69) is 34.6 Å². The number of rotatable bonds is 3. The van der Waals surface area contributed by atoms with Gasteiger partial charge in [0.25, 0.3) is 0 Å². The summed E-state index contributed by atoms with van der Waals surface area (Å²) >= 11 is 0. The molecule has 0 saturated heterocycles. The number of fused-ring (bicyclic) bond motifs is 4. The first-order chi connectivity index (χ1) is 14.6.